The summed E-state index contributed by atoms with van der Waals surface area (Å²) in [5.74, 6) is 0.143. The number of nitrogens with zero attached hydrogens (tertiary/aromatic N) is 1. The largest absolute Gasteiger partial charge is 0.511 e. The third-order valence-electron chi connectivity index (χ3n) is 3.27. The summed E-state index contributed by atoms with van der Waals surface area (Å²) in [6.45, 7) is 5.75. The summed E-state index contributed by atoms with van der Waals surface area (Å²) < 4.78 is 0. The van der Waals surface area contributed by atoms with Gasteiger partial charge in [0.15, 0.2) is 5.78 Å². The van der Waals surface area contributed by atoms with E-state index < -0.39 is 0 Å². The van der Waals surface area contributed by atoms with Gasteiger partial charge in [0.25, 0.3) is 0 Å². The summed E-state index contributed by atoms with van der Waals surface area (Å²) in [5, 5.41) is 10.1. The lowest BCUT2D eigenvalue weighted by molar-refractivity contribution is -0.117. The molecule has 0 radical (unpaired) electrons. The van der Waals surface area contributed by atoms with Crippen LogP contribution in [0.15, 0.2) is 46.7 Å². The number of carbonyl (C=O) groups is 1. The van der Waals surface area contributed by atoms with Gasteiger partial charge in [0.1, 0.15) is 5.76 Å². The minimum atomic E-state index is -0.169. The maximum atomic E-state index is 12.2. The first-order chi connectivity index (χ1) is 8.89. The zero-order chi connectivity index (χ0) is 14.0. The Morgan fingerprint density at radius 1 is 1.21 bits per heavy atom. The first kappa shape index (κ1) is 13.5. The van der Waals surface area contributed by atoms with Crippen molar-refractivity contribution in [2.75, 3.05) is 0 Å². The Morgan fingerprint density at radius 2 is 1.84 bits per heavy atom. The molecule has 0 fully saturated rings. The highest BCUT2D eigenvalue weighted by Crippen LogP contribution is 2.36. The molecule has 0 aromatic heterocycles. The maximum Gasteiger partial charge on any atom is 0.168 e. The van der Waals surface area contributed by atoms with E-state index in [1.165, 1.54) is 0 Å². The van der Waals surface area contributed by atoms with Crippen molar-refractivity contribution < 1.29 is 9.90 Å². The summed E-state index contributed by atoms with van der Waals surface area (Å²) in [4.78, 5) is 16.6. The minimum absolute atomic E-state index is 0.0223. The van der Waals surface area contributed by atoms with Crippen LogP contribution in [0, 0.1) is 5.41 Å². The molecule has 3 heteroatoms. The van der Waals surface area contributed by atoms with E-state index in [9.17, 15) is 9.90 Å². The zero-order valence-electron chi connectivity index (χ0n) is 11.6. The van der Waals surface area contributed by atoms with Gasteiger partial charge in [-0.15, -0.1) is 0 Å². The lowest BCUT2D eigenvalue weighted by Crippen LogP contribution is -2.28. The van der Waals surface area contributed by atoms with Gasteiger partial charge in [0.2, 0.25) is 0 Å². The number of Topliss-reactive ketones (excluding diaryl/α,β-unsaturated/α-hetero) is 1. The Labute approximate surface area is 113 Å². The fraction of sp³-hybridized carbons (Fsp3) is 0.375. The Balaban J connectivity index is 2.36. The SMILES string of the molecule is CC(=Nc1ccccc1)C1=C(O)CC(C)(C)CC1=O. The quantitative estimate of drug-likeness (QED) is 0.815. The third kappa shape index (κ3) is 3.11. The molecule has 2 rings (SSSR count). The molecule has 0 unspecified atom stereocenters. The molecule has 0 bridgehead atoms. The second kappa shape index (κ2) is 5.00. The average molecular weight is 257 g/mol. The van der Waals surface area contributed by atoms with Crippen LogP contribution in [0.3, 0.4) is 0 Å². The van der Waals surface area contributed by atoms with Gasteiger partial charge < -0.3 is 5.11 Å². The van der Waals surface area contributed by atoms with Gasteiger partial charge in [-0.1, -0.05) is 32.0 Å². The van der Waals surface area contributed by atoms with Gasteiger partial charge in [0.05, 0.1) is 17.0 Å². The van der Waals surface area contributed by atoms with Crippen molar-refractivity contribution >= 4 is 17.2 Å². The molecule has 0 aliphatic heterocycles. The number of benzene rings is 1. The number of ketones is 1. The molecular weight excluding hydrogens is 238 g/mol. The molecule has 0 saturated heterocycles. The van der Waals surface area contributed by atoms with Gasteiger partial charge in [-0.3, -0.25) is 9.79 Å². The van der Waals surface area contributed by atoms with E-state index in [-0.39, 0.29) is 17.0 Å². The Morgan fingerprint density at radius 3 is 2.42 bits per heavy atom. The summed E-state index contributed by atoms with van der Waals surface area (Å²) >= 11 is 0. The molecule has 0 saturated carbocycles. The van der Waals surface area contributed by atoms with Crippen LogP contribution in [0.4, 0.5) is 5.69 Å². The highest BCUT2D eigenvalue weighted by Gasteiger charge is 2.33. The van der Waals surface area contributed by atoms with Crippen LogP contribution in [-0.4, -0.2) is 16.6 Å². The van der Waals surface area contributed by atoms with Crippen molar-refractivity contribution in [3.8, 4) is 0 Å². The van der Waals surface area contributed by atoms with Crippen molar-refractivity contribution in [3.05, 3.63) is 41.7 Å². The number of rotatable bonds is 2. The predicted molar refractivity (Wildman–Crippen MR) is 76.9 cm³/mol. The van der Waals surface area contributed by atoms with Crippen LogP contribution in [0.5, 0.6) is 0 Å². The number of allylic oxidation sites excluding steroid dienone is 2. The van der Waals surface area contributed by atoms with Crippen LogP contribution in [0.25, 0.3) is 0 Å². The van der Waals surface area contributed by atoms with Crippen molar-refractivity contribution in [1.29, 1.82) is 0 Å². The van der Waals surface area contributed by atoms with Gasteiger partial charge in [-0.2, -0.15) is 0 Å². The number of hydrogen-bond donors (Lipinski definition) is 1. The molecule has 3 nitrogen and oxygen atoms in total. The van der Waals surface area contributed by atoms with Gasteiger partial charge in [0, 0.05) is 12.8 Å². The fourth-order valence-electron chi connectivity index (χ4n) is 2.45. The topological polar surface area (TPSA) is 49.7 Å². The Kier molecular flexibility index (Phi) is 3.56. The lowest BCUT2D eigenvalue weighted by Gasteiger charge is -2.29. The molecule has 19 heavy (non-hydrogen) atoms. The van der Waals surface area contributed by atoms with Crippen LogP contribution in [0.1, 0.15) is 33.6 Å². The first-order valence-corrected chi connectivity index (χ1v) is 6.45. The second-order valence-corrected chi connectivity index (χ2v) is 5.80. The molecule has 0 atom stereocenters. The molecule has 100 valence electrons. The number of para-hydroxylation sites is 1. The Hall–Kier alpha value is -1.90. The molecule has 0 amide bonds. The number of carbonyl (C=O) groups excluding carboxylic acids is 1. The van der Waals surface area contributed by atoms with Crippen LogP contribution < -0.4 is 0 Å². The zero-order valence-corrected chi connectivity index (χ0v) is 11.6. The fourth-order valence-corrected chi connectivity index (χ4v) is 2.45. The highest BCUT2D eigenvalue weighted by molar-refractivity contribution is 6.23. The summed E-state index contributed by atoms with van der Waals surface area (Å²) in [7, 11) is 0. The monoisotopic (exact) mass is 257 g/mol. The van der Waals surface area contributed by atoms with Crippen molar-refractivity contribution in [3.63, 3.8) is 0 Å². The number of aliphatic hydroxyl groups is 1. The van der Waals surface area contributed by atoms with E-state index in [4.69, 9.17) is 0 Å². The molecule has 0 heterocycles. The van der Waals surface area contributed by atoms with Gasteiger partial charge in [-0.05, 0) is 24.5 Å². The number of hydrogen-bond acceptors (Lipinski definition) is 3. The minimum Gasteiger partial charge on any atom is -0.511 e. The molecule has 1 aromatic carbocycles. The van der Waals surface area contributed by atoms with Crippen LogP contribution >= 0.6 is 0 Å². The van der Waals surface area contributed by atoms with E-state index in [1.807, 2.05) is 44.2 Å². The summed E-state index contributed by atoms with van der Waals surface area (Å²) in [6.07, 6.45) is 0.976. The number of aliphatic hydroxyl groups excluding tert-OH is 1. The first-order valence-electron chi connectivity index (χ1n) is 6.45. The summed E-state index contributed by atoms with van der Waals surface area (Å²) in [5.41, 5.74) is 1.60. The molecule has 1 aromatic rings. The molecule has 1 N–H and O–H groups in total. The van der Waals surface area contributed by atoms with Crippen molar-refractivity contribution in [1.82, 2.24) is 0 Å². The third-order valence-corrected chi connectivity index (χ3v) is 3.27. The standard InChI is InChI=1S/C16H19NO2/c1-11(17-12-7-5-4-6-8-12)15-13(18)9-16(2,3)10-14(15)19/h4-8,18H,9-10H2,1-3H3. The molecule has 0 spiro atoms. The van der Waals surface area contributed by atoms with E-state index in [2.05, 4.69) is 4.99 Å². The van der Waals surface area contributed by atoms with Crippen LogP contribution in [0.2, 0.25) is 0 Å². The van der Waals surface area contributed by atoms with Crippen molar-refractivity contribution in [2.24, 2.45) is 10.4 Å². The maximum absolute atomic E-state index is 12.2. The van der Waals surface area contributed by atoms with Gasteiger partial charge >= 0.3 is 0 Å². The van der Waals surface area contributed by atoms with Gasteiger partial charge in [-0.25, -0.2) is 0 Å². The van der Waals surface area contributed by atoms with E-state index in [1.54, 1.807) is 6.92 Å². The second-order valence-electron chi connectivity index (χ2n) is 5.80. The van der Waals surface area contributed by atoms with E-state index >= 15 is 0 Å². The average Bonchev–Trinajstić information content (AvgIpc) is 2.27. The van der Waals surface area contributed by atoms with Crippen LogP contribution in [-0.2, 0) is 4.79 Å². The Bertz CT molecular complexity index is 553. The van der Waals surface area contributed by atoms with E-state index in [0.717, 1.165) is 5.69 Å². The number of aliphatic imine (C=N–C) groups is 1. The predicted octanol–water partition coefficient (Wildman–Crippen LogP) is 3.98. The summed E-state index contributed by atoms with van der Waals surface area (Å²) in [6, 6.07) is 9.45. The normalized spacial score (nSPS) is 19.7. The lowest BCUT2D eigenvalue weighted by atomic mass is 9.76. The molecule has 1 aliphatic rings. The van der Waals surface area contributed by atoms with Crippen molar-refractivity contribution in [2.45, 2.75) is 33.6 Å². The van der Waals surface area contributed by atoms with E-state index in [0.29, 0.717) is 24.1 Å². The highest BCUT2D eigenvalue weighted by atomic mass is 16.3. The molecular formula is C16H19NO2. The molecule has 1 aliphatic carbocycles. The smallest absolute Gasteiger partial charge is 0.168 e.